The number of hydrogen-bond acceptors (Lipinski definition) is 3. The third-order valence-corrected chi connectivity index (χ3v) is 2.58. The molecule has 0 fully saturated rings. The minimum Gasteiger partial charge on any atom is -0.507 e. The molecule has 0 bridgehead atoms. The molecule has 0 aliphatic heterocycles. The standard InChI is InChI=1S/C7H7BrO3S/c8-6-3-5(4-12(10)11)1-2-7(6)9/h1-3,9,12H,4H2. The van der Waals surface area contributed by atoms with Gasteiger partial charge < -0.3 is 5.11 Å². The van der Waals surface area contributed by atoms with Crippen LogP contribution in [0.5, 0.6) is 5.75 Å². The van der Waals surface area contributed by atoms with Crippen molar-refractivity contribution in [2.45, 2.75) is 5.75 Å². The lowest BCUT2D eigenvalue weighted by Gasteiger charge is -1.98. The van der Waals surface area contributed by atoms with Crippen molar-refractivity contribution in [1.29, 1.82) is 0 Å². The fourth-order valence-electron chi connectivity index (χ4n) is 0.798. The van der Waals surface area contributed by atoms with Crippen LogP contribution in [-0.2, 0) is 16.5 Å². The molecule has 0 saturated carbocycles. The van der Waals surface area contributed by atoms with Crippen LogP contribution in [0.15, 0.2) is 22.7 Å². The van der Waals surface area contributed by atoms with E-state index < -0.39 is 10.7 Å². The minimum atomic E-state index is -2.40. The molecule has 0 radical (unpaired) electrons. The summed E-state index contributed by atoms with van der Waals surface area (Å²) in [5.41, 5.74) is 0.663. The molecule has 1 N–H and O–H groups in total. The molecular formula is C7H7BrO3S. The predicted molar refractivity (Wildman–Crippen MR) is 49.8 cm³/mol. The second-order valence-electron chi connectivity index (χ2n) is 2.28. The molecule has 0 unspecified atom stereocenters. The number of phenolic OH excluding ortho intramolecular Hbond substituents is 1. The van der Waals surface area contributed by atoms with Crippen molar-refractivity contribution in [2.24, 2.45) is 0 Å². The monoisotopic (exact) mass is 250 g/mol. The number of thiol groups is 1. The van der Waals surface area contributed by atoms with E-state index >= 15 is 0 Å². The molecule has 1 aromatic rings. The number of benzene rings is 1. The zero-order chi connectivity index (χ0) is 9.14. The molecule has 0 atom stereocenters. The van der Waals surface area contributed by atoms with Gasteiger partial charge in [0.2, 0.25) is 0 Å². The van der Waals surface area contributed by atoms with E-state index in [9.17, 15) is 8.42 Å². The van der Waals surface area contributed by atoms with Gasteiger partial charge in [-0.15, -0.1) is 0 Å². The maximum atomic E-state index is 10.3. The fraction of sp³-hybridized carbons (Fsp3) is 0.143. The lowest BCUT2D eigenvalue weighted by molar-refractivity contribution is 0.471. The van der Waals surface area contributed by atoms with Crippen LogP contribution in [0.3, 0.4) is 0 Å². The Bertz CT molecular complexity index is 352. The number of rotatable bonds is 2. The average molecular weight is 251 g/mol. The second kappa shape index (κ2) is 3.91. The topological polar surface area (TPSA) is 54.4 Å². The summed E-state index contributed by atoms with van der Waals surface area (Å²) in [5, 5.41) is 9.08. The highest BCUT2D eigenvalue weighted by Crippen LogP contribution is 2.24. The van der Waals surface area contributed by atoms with Gasteiger partial charge in [0.15, 0.2) is 0 Å². The Labute approximate surface area is 80.1 Å². The molecule has 0 aliphatic rings. The van der Waals surface area contributed by atoms with Gasteiger partial charge in [-0.2, -0.15) is 0 Å². The molecule has 3 nitrogen and oxygen atoms in total. The number of phenols is 1. The Morgan fingerprint density at radius 2 is 2.08 bits per heavy atom. The van der Waals surface area contributed by atoms with E-state index in [1.807, 2.05) is 0 Å². The van der Waals surface area contributed by atoms with Crippen molar-refractivity contribution in [2.75, 3.05) is 0 Å². The highest BCUT2D eigenvalue weighted by Gasteiger charge is 1.99. The van der Waals surface area contributed by atoms with Gasteiger partial charge in [0.1, 0.15) is 16.5 Å². The van der Waals surface area contributed by atoms with Gasteiger partial charge in [0, 0.05) is 0 Å². The summed E-state index contributed by atoms with van der Waals surface area (Å²) in [6.07, 6.45) is 0. The van der Waals surface area contributed by atoms with Crippen LogP contribution in [0.25, 0.3) is 0 Å². The predicted octanol–water partition coefficient (Wildman–Crippen LogP) is 1.27. The maximum absolute atomic E-state index is 10.3. The van der Waals surface area contributed by atoms with Crippen molar-refractivity contribution in [3.8, 4) is 5.75 Å². The van der Waals surface area contributed by atoms with Gasteiger partial charge in [-0.05, 0) is 33.6 Å². The average Bonchev–Trinajstić information content (AvgIpc) is 1.96. The summed E-state index contributed by atoms with van der Waals surface area (Å²) in [6.45, 7) is 0. The normalized spacial score (nSPS) is 10.5. The molecule has 0 spiro atoms. The van der Waals surface area contributed by atoms with Crippen LogP contribution in [0.2, 0.25) is 0 Å². The van der Waals surface area contributed by atoms with Crippen LogP contribution >= 0.6 is 15.9 Å². The van der Waals surface area contributed by atoms with Crippen LogP contribution in [0.4, 0.5) is 0 Å². The summed E-state index contributed by atoms with van der Waals surface area (Å²) in [4.78, 5) is 0. The summed E-state index contributed by atoms with van der Waals surface area (Å²) < 4.78 is 21.2. The van der Waals surface area contributed by atoms with Crippen molar-refractivity contribution in [3.63, 3.8) is 0 Å². The van der Waals surface area contributed by atoms with E-state index in [2.05, 4.69) is 15.9 Å². The molecule has 1 aromatic carbocycles. The zero-order valence-electron chi connectivity index (χ0n) is 6.03. The van der Waals surface area contributed by atoms with E-state index in [0.29, 0.717) is 10.0 Å². The Morgan fingerprint density at radius 3 is 2.58 bits per heavy atom. The SMILES string of the molecule is O=[SH](=O)Cc1ccc(O)c(Br)c1. The lowest BCUT2D eigenvalue weighted by atomic mass is 10.2. The van der Waals surface area contributed by atoms with Gasteiger partial charge in [-0.1, -0.05) is 6.07 Å². The van der Waals surface area contributed by atoms with Crippen LogP contribution < -0.4 is 0 Å². The Morgan fingerprint density at radius 1 is 1.42 bits per heavy atom. The Balaban J connectivity index is 2.97. The minimum absolute atomic E-state index is 0.00815. The van der Waals surface area contributed by atoms with Gasteiger partial charge in [-0.25, -0.2) is 8.42 Å². The smallest absolute Gasteiger partial charge is 0.144 e. The number of hydrogen-bond donors (Lipinski definition) is 2. The van der Waals surface area contributed by atoms with Gasteiger partial charge in [0.05, 0.1) is 10.2 Å². The molecule has 0 aliphatic carbocycles. The molecule has 5 heteroatoms. The van der Waals surface area contributed by atoms with Gasteiger partial charge in [0.25, 0.3) is 0 Å². The number of aromatic hydroxyl groups is 1. The maximum Gasteiger partial charge on any atom is 0.144 e. The van der Waals surface area contributed by atoms with Crippen LogP contribution in [0, 0.1) is 0 Å². The van der Waals surface area contributed by atoms with E-state index in [4.69, 9.17) is 5.11 Å². The molecule has 0 aromatic heterocycles. The molecule has 0 amide bonds. The first kappa shape index (κ1) is 9.54. The first-order valence-corrected chi connectivity index (χ1v) is 5.34. The molecule has 0 saturated heterocycles. The third-order valence-electron chi connectivity index (χ3n) is 1.32. The number of halogens is 1. The molecule has 66 valence electrons. The summed E-state index contributed by atoms with van der Waals surface area (Å²) in [5.74, 6) is 0.119. The molecule has 1 rings (SSSR count). The quantitative estimate of drug-likeness (QED) is 0.778. The zero-order valence-corrected chi connectivity index (χ0v) is 8.51. The third kappa shape index (κ3) is 2.49. The Kier molecular flexibility index (Phi) is 3.11. The Hall–Kier alpha value is -0.550. The van der Waals surface area contributed by atoms with E-state index in [1.165, 1.54) is 6.07 Å². The summed E-state index contributed by atoms with van der Waals surface area (Å²) in [7, 11) is -2.40. The summed E-state index contributed by atoms with van der Waals surface area (Å²) in [6, 6.07) is 4.62. The van der Waals surface area contributed by atoms with Gasteiger partial charge >= 0.3 is 0 Å². The van der Waals surface area contributed by atoms with Crippen molar-refractivity contribution in [1.82, 2.24) is 0 Å². The van der Waals surface area contributed by atoms with Gasteiger partial charge in [-0.3, -0.25) is 0 Å². The van der Waals surface area contributed by atoms with Crippen molar-refractivity contribution >= 4 is 26.6 Å². The highest BCUT2D eigenvalue weighted by molar-refractivity contribution is 9.10. The molecule has 12 heavy (non-hydrogen) atoms. The lowest BCUT2D eigenvalue weighted by Crippen LogP contribution is -1.85. The summed E-state index contributed by atoms with van der Waals surface area (Å²) >= 11 is 3.09. The van der Waals surface area contributed by atoms with E-state index in [1.54, 1.807) is 12.1 Å². The highest BCUT2D eigenvalue weighted by atomic mass is 79.9. The van der Waals surface area contributed by atoms with E-state index in [0.717, 1.165) is 0 Å². The van der Waals surface area contributed by atoms with Crippen LogP contribution in [0.1, 0.15) is 5.56 Å². The largest absolute Gasteiger partial charge is 0.507 e. The van der Waals surface area contributed by atoms with Crippen LogP contribution in [-0.4, -0.2) is 13.5 Å². The van der Waals surface area contributed by atoms with Crippen molar-refractivity contribution in [3.05, 3.63) is 28.2 Å². The van der Waals surface area contributed by atoms with E-state index in [-0.39, 0.29) is 11.5 Å². The first-order valence-electron chi connectivity index (χ1n) is 3.19. The van der Waals surface area contributed by atoms with Crippen molar-refractivity contribution < 1.29 is 13.5 Å². The fourth-order valence-corrected chi connectivity index (χ4v) is 1.72. The molecular weight excluding hydrogens is 244 g/mol. The first-order chi connectivity index (χ1) is 5.59. The molecule has 0 heterocycles. The second-order valence-corrected chi connectivity index (χ2v) is 4.11.